The number of aromatic nitrogens is 1. The number of allylic oxidation sites excluding steroid dienone is 9. The molecule has 0 spiro atoms. The van der Waals surface area contributed by atoms with Crippen molar-refractivity contribution in [3.63, 3.8) is 0 Å². The lowest BCUT2D eigenvalue weighted by Gasteiger charge is -2.34. The monoisotopic (exact) mass is 762 g/mol. The number of thiophene rings is 1. The molecule has 0 radical (unpaired) electrons. The number of nitrogens with zero attached hydrogens (tertiary/aromatic N) is 2. The van der Waals surface area contributed by atoms with E-state index in [0.29, 0.717) is 0 Å². The molecule has 1 aliphatic heterocycles. The minimum Gasteiger partial charge on any atom is -0.355 e. The van der Waals surface area contributed by atoms with E-state index in [1.165, 1.54) is 64.5 Å². The summed E-state index contributed by atoms with van der Waals surface area (Å²) in [6.07, 6.45) is 20.3. The first kappa shape index (κ1) is 35.5. The van der Waals surface area contributed by atoms with Crippen LogP contribution in [0.25, 0.3) is 60.2 Å². The van der Waals surface area contributed by atoms with E-state index >= 15 is 0 Å². The van der Waals surface area contributed by atoms with Gasteiger partial charge < -0.3 is 9.47 Å². The molecule has 0 N–H and O–H groups in total. The van der Waals surface area contributed by atoms with Crippen LogP contribution in [0.3, 0.4) is 0 Å². The molecule has 6 aromatic carbocycles. The fourth-order valence-corrected chi connectivity index (χ4v) is 10.3. The van der Waals surface area contributed by atoms with Crippen molar-refractivity contribution in [2.24, 2.45) is 0 Å². The Morgan fingerprint density at radius 3 is 2.02 bits per heavy atom. The number of rotatable bonds is 3. The number of para-hydroxylation sites is 1. The molecule has 0 unspecified atom stereocenters. The van der Waals surface area contributed by atoms with Crippen LogP contribution in [0.4, 0.5) is 0 Å². The number of benzene rings is 6. The Labute approximate surface area is 343 Å². The van der Waals surface area contributed by atoms with Crippen LogP contribution in [-0.4, -0.2) is 16.5 Å². The summed E-state index contributed by atoms with van der Waals surface area (Å²) in [5, 5.41) is 6.07. The van der Waals surface area contributed by atoms with Crippen molar-refractivity contribution in [3.05, 3.63) is 245 Å². The highest BCUT2D eigenvalue weighted by molar-refractivity contribution is 7.26. The highest BCUT2D eigenvalue weighted by atomic mass is 32.1. The summed E-state index contributed by atoms with van der Waals surface area (Å²) in [7, 11) is 2.07. The van der Waals surface area contributed by atoms with Crippen LogP contribution in [0, 0.1) is 0 Å². The molecule has 0 amide bonds. The van der Waals surface area contributed by atoms with Crippen molar-refractivity contribution in [2.75, 3.05) is 7.05 Å². The lowest BCUT2D eigenvalue weighted by molar-refractivity contribution is 0.675. The van der Waals surface area contributed by atoms with E-state index in [4.69, 9.17) is 0 Å². The molecule has 0 saturated carbocycles. The summed E-state index contributed by atoms with van der Waals surface area (Å²) in [5.41, 5.74) is 12.4. The van der Waals surface area contributed by atoms with Gasteiger partial charge in [-0.15, -0.1) is 11.3 Å². The fourth-order valence-electron chi connectivity index (χ4n) is 9.21. The van der Waals surface area contributed by atoms with Crippen LogP contribution in [0.5, 0.6) is 0 Å². The van der Waals surface area contributed by atoms with E-state index < -0.39 is 0 Å². The molecule has 8 aromatic rings. The number of fused-ring (bicyclic) bond motifs is 10. The van der Waals surface area contributed by atoms with Crippen molar-refractivity contribution >= 4 is 54.7 Å². The van der Waals surface area contributed by atoms with Gasteiger partial charge >= 0.3 is 0 Å². The maximum Gasteiger partial charge on any atom is 0.0703 e. The molecule has 278 valence electrons. The summed E-state index contributed by atoms with van der Waals surface area (Å²) in [4.78, 5) is 2.11. The molecule has 2 nitrogen and oxygen atoms in total. The maximum atomic E-state index is 4.34. The maximum absolute atomic E-state index is 4.34. The fraction of sp³-hybridized carbons (Fsp3) is 0.0545. The van der Waals surface area contributed by atoms with E-state index in [1.807, 2.05) is 29.6 Å². The van der Waals surface area contributed by atoms with Gasteiger partial charge in [-0.3, -0.25) is 0 Å². The third-order valence-corrected chi connectivity index (χ3v) is 12.9. The van der Waals surface area contributed by atoms with E-state index in [2.05, 4.69) is 212 Å². The van der Waals surface area contributed by atoms with E-state index in [-0.39, 0.29) is 5.41 Å². The zero-order valence-corrected chi connectivity index (χ0v) is 33.3. The summed E-state index contributed by atoms with van der Waals surface area (Å²) in [5.74, 6) is 0. The van der Waals surface area contributed by atoms with Crippen LogP contribution < -0.4 is 10.6 Å². The average Bonchev–Trinajstić information content (AvgIpc) is 4.06. The predicted molar refractivity (Wildman–Crippen MR) is 249 cm³/mol. The third kappa shape index (κ3) is 5.69. The van der Waals surface area contributed by atoms with Gasteiger partial charge in [-0.05, 0) is 87.4 Å². The lowest BCUT2D eigenvalue weighted by Crippen LogP contribution is -2.31. The largest absolute Gasteiger partial charge is 0.355 e. The molecule has 0 bridgehead atoms. The van der Waals surface area contributed by atoms with E-state index in [0.717, 1.165) is 33.8 Å². The first-order valence-corrected chi connectivity index (χ1v) is 20.7. The van der Waals surface area contributed by atoms with Gasteiger partial charge in [-0.25, -0.2) is 0 Å². The Hall–Kier alpha value is -6.94. The molecule has 0 atom stereocenters. The molecule has 58 heavy (non-hydrogen) atoms. The molecule has 11 rings (SSSR count). The van der Waals surface area contributed by atoms with Crippen molar-refractivity contribution < 1.29 is 0 Å². The smallest absolute Gasteiger partial charge is 0.0703 e. The summed E-state index contributed by atoms with van der Waals surface area (Å²) in [6, 6.07) is 52.6. The minimum atomic E-state index is -0.169. The minimum absolute atomic E-state index is 0.169. The second-order valence-electron chi connectivity index (χ2n) is 15.1. The summed E-state index contributed by atoms with van der Waals surface area (Å²) < 4.78 is 5.00. The van der Waals surface area contributed by atoms with Gasteiger partial charge in [-0.1, -0.05) is 165 Å². The number of hydrogen-bond acceptors (Lipinski definition) is 2. The summed E-state index contributed by atoms with van der Waals surface area (Å²) in [6.45, 7) is 8.58. The second kappa shape index (κ2) is 14.5. The van der Waals surface area contributed by atoms with Crippen LogP contribution in [0.15, 0.2) is 218 Å². The predicted octanol–water partition coefficient (Wildman–Crippen LogP) is 12.5. The Balaban J connectivity index is 0.000000149. The zero-order valence-electron chi connectivity index (χ0n) is 32.5. The third-order valence-electron chi connectivity index (χ3n) is 11.8. The van der Waals surface area contributed by atoms with Gasteiger partial charge in [0.2, 0.25) is 0 Å². The van der Waals surface area contributed by atoms with Gasteiger partial charge in [0, 0.05) is 55.9 Å². The van der Waals surface area contributed by atoms with Crippen molar-refractivity contribution in [1.82, 2.24) is 9.47 Å². The molecule has 3 heteroatoms. The quantitative estimate of drug-likeness (QED) is 0.174. The van der Waals surface area contributed by atoms with Crippen LogP contribution >= 0.6 is 11.3 Å². The first-order valence-electron chi connectivity index (χ1n) is 19.8. The number of hydrogen-bond donors (Lipinski definition) is 0. The molecule has 0 saturated heterocycles. The lowest BCUT2D eigenvalue weighted by atomic mass is 9.67. The van der Waals surface area contributed by atoms with Gasteiger partial charge in [-0.2, -0.15) is 0 Å². The SMILES string of the molecule is C1=CCC(C2(c3ccccc3)c3ccccc3-c3ccccc32)=C1.C=C1/C=C\C=C/N(C)/C=c2\c(c3ccc4sc5ccccc5c4c3n2-c2ccccc2)=C/C1=C. The van der Waals surface area contributed by atoms with Crippen molar-refractivity contribution in [2.45, 2.75) is 11.8 Å². The van der Waals surface area contributed by atoms with E-state index in [9.17, 15) is 0 Å². The van der Waals surface area contributed by atoms with E-state index in [1.54, 1.807) is 0 Å². The zero-order chi connectivity index (χ0) is 39.2. The molecule has 3 heterocycles. The molecular weight excluding hydrogens is 721 g/mol. The topological polar surface area (TPSA) is 8.17 Å². The van der Waals surface area contributed by atoms with Gasteiger partial charge in [0.15, 0.2) is 0 Å². The van der Waals surface area contributed by atoms with Crippen LogP contribution in [0.1, 0.15) is 23.1 Å². The van der Waals surface area contributed by atoms with Gasteiger partial charge in [0.05, 0.1) is 16.3 Å². The Morgan fingerprint density at radius 1 is 0.621 bits per heavy atom. The normalized spacial score (nSPS) is 17.5. The second-order valence-corrected chi connectivity index (χ2v) is 16.2. The van der Waals surface area contributed by atoms with Crippen molar-refractivity contribution in [3.8, 4) is 16.8 Å². The van der Waals surface area contributed by atoms with Gasteiger partial charge in [0.25, 0.3) is 0 Å². The Bertz CT molecular complexity index is 3140. The molecular formula is C55H42N2S. The Morgan fingerprint density at radius 2 is 1.29 bits per heavy atom. The summed E-state index contributed by atoms with van der Waals surface area (Å²) >= 11 is 1.85. The standard InChI is InChI=1S/C31H24N2S.C24H18/c1-21-11-9-10-18-32(3)20-27-26(19-22(21)2)24-16-17-29-30(25-14-7-8-15-28(25)34-29)31(24)33(27)23-12-5-4-6-13-23;1-2-10-18(11-3-1)24(19-12-4-5-13-19)22-16-8-6-14-20(22)21-15-7-9-17-23(21)24/h4-20H,1-2H2,3H3;1-12,14-17H,13H2/b11-9-,18-10-,26-19-,27-20+;. The molecule has 0 fully saturated rings. The average molecular weight is 763 g/mol. The van der Waals surface area contributed by atoms with Crippen LogP contribution in [0.2, 0.25) is 0 Å². The molecule has 2 aliphatic carbocycles. The molecule has 2 aromatic heterocycles. The molecule has 3 aliphatic rings. The van der Waals surface area contributed by atoms with Crippen molar-refractivity contribution in [1.29, 1.82) is 0 Å². The highest BCUT2D eigenvalue weighted by Crippen LogP contribution is 2.57. The first-order chi connectivity index (χ1) is 28.5. The van der Waals surface area contributed by atoms with Crippen LogP contribution in [-0.2, 0) is 5.41 Å². The van der Waals surface area contributed by atoms with Gasteiger partial charge in [0.1, 0.15) is 0 Å². The highest BCUT2D eigenvalue weighted by Gasteiger charge is 2.46. The Kier molecular flexibility index (Phi) is 8.89.